The molecule has 2 N–H and O–H groups in total. The molecule has 0 aliphatic carbocycles. The van der Waals surface area contributed by atoms with E-state index in [-0.39, 0.29) is 16.5 Å². The summed E-state index contributed by atoms with van der Waals surface area (Å²) < 4.78 is 2.63. The van der Waals surface area contributed by atoms with Crippen molar-refractivity contribution in [2.45, 2.75) is 12.8 Å². The van der Waals surface area contributed by atoms with Crippen molar-refractivity contribution in [3.8, 4) is 11.6 Å². The number of aromatic nitrogens is 4. The molecule has 0 radical (unpaired) electrons. The fourth-order valence-corrected chi connectivity index (χ4v) is 3.40. The fraction of sp³-hybridized carbons (Fsp3) is 0.118. The molecule has 0 bridgehead atoms. The van der Waals surface area contributed by atoms with Gasteiger partial charge >= 0.3 is 4.87 Å². The van der Waals surface area contributed by atoms with Crippen LogP contribution in [-0.4, -0.2) is 24.9 Å². The van der Waals surface area contributed by atoms with Crippen molar-refractivity contribution in [1.82, 2.24) is 19.7 Å². The van der Waals surface area contributed by atoms with Crippen molar-refractivity contribution in [3.63, 3.8) is 0 Å². The Kier molecular flexibility index (Phi) is 3.42. The van der Waals surface area contributed by atoms with Crippen molar-refractivity contribution in [2.75, 3.05) is 0 Å². The monoisotopic (exact) mass is 338 g/mol. The average Bonchev–Trinajstić information content (AvgIpc) is 3.20. The van der Waals surface area contributed by atoms with Gasteiger partial charge in [-0.2, -0.15) is 5.10 Å². The van der Waals surface area contributed by atoms with Crippen LogP contribution in [0.2, 0.25) is 0 Å². The highest BCUT2D eigenvalue weighted by molar-refractivity contribution is 7.16. The summed E-state index contributed by atoms with van der Waals surface area (Å²) in [6.07, 6.45) is 3.24. The van der Waals surface area contributed by atoms with Gasteiger partial charge in [0.25, 0.3) is 0 Å². The number of rotatable bonds is 3. The minimum atomic E-state index is -0.0440. The Morgan fingerprint density at radius 2 is 2.12 bits per heavy atom. The van der Waals surface area contributed by atoms with Crippen LogP contribution in [0, 0.1) is 0 Å². The number of pyridine rings is 1. The summed E-state index contributed by atoms with van der Waals surface area (Å²) in [5.41, 5.74) is 2.87. The second-order valence-corrected chi connectivity index (χ2v) is 6.57. The Balaban J connectivity index is 1.67. The molecule has 7 heteroatoms. The van der Waals surface area contributed by atoms with Crippen molar-refractivity contribution in [2.24, 2.45) is 0 Å². The number of hydrogen-bond acceptors (Lipinski definition) is 5. The molecular weight excluding hydrogens is 324 g/mol. The molecule has 1 aromatic carbocycles. The molecular formula is C17H14N4O2S. The van der Waals surface area contributed by atoms with Crippen LogP contribution in [0.4, 0.5) is 0 Å². The summed E-state index contributed by atoms with van der Waals surface area (Å²) in [7, 11) is 0. The van der Waals surface area contributed by atoms with Crippen LogP contribution < -0.4 is 4.87 Å². The summed E-state index contributed by atoms with van der Waals surface area (Å²) in [6, 6.07) is 11.2. The Morgan fingerprint density at radius 1 is 1.25 bits per heavy atom. The molecule has 0 spiro atoms. The number of hydrogen-bond donors (Lipinski definition) is 2. The third-order valence-electron chi connectivity index (χ3n) is 3.97. The van der Waals surface area contributed by atoms with Crippen molar-refractivity contribution >= 4 is 21.6 Å². The summed E-state index contributed by atoms with van der Waals surface area (Å²) in [6.45, 7) is 2.08. The van der Waals surface area contributed by atoms with E-state index in [1.807, 2.05) is 30.5 Å². The quantitative estimate of drug-likeness (QED) is 0.601. The van der Waals surface area contributed by atoms with E-state index in [2.05, 4.69) is 22.0 Å². The number of H-pyrrole nitrogens is 1. The van der Waals surface area contributed by atoms with E-state index in [1.165, 1.54) is 17.5 Å². The Hall–Kier alpha value is -2.93. The van der Waals surface area contributed by atoms with Gasteiger partial charge in [-0.15, -0.1) is 0 Å². The number of nitrogens with zero attached hydrogens (tertiary/aromatic N) is 3. The number of benzene rings is 1. The number of nitrogens with one attached hydrogen (secondary N) is 1. The van der Waals surface area contributed by atoms with E-state index in [1.54, 1.807) is 16.8 Å². The van der Waals surface area contributed by atoms with Gasteiger partial charge in [-0.05, 0) is 35.9 Å². The molecule has 4 aromatic rings. The fourth-order valence-electron chi connectivity index (χ4n) is 2.61. The molecule has 0 fully saturated rings. The van der Waals surface area contributed by atoms with Gasteiger partial charge in [0, 0.05) is 12.1 Å². The largest absolute Gasteiger partial charge is 0.506 e. The maximum Gasteiger partial charge on any atom is 0.305 e. The van der Waals surface area contributed by atoms with E-state index in [9.17, 15) is 9.90 Å². The second-order valence-electron chi connectivity index (χ2n) is 5.55. The van der Waals surface area contributed by atoms with Crippen LogP contribution in [0.15, 0.2) is 53.6 Å². The summed E-state index contributed by atoms with van der Waals surface area (Å²) in [4.78, 5) is 18.4. The average molecular weight is 338 g/mol. The van der Waals surface area contributed by atoms with E-state index in [0.29, 0.717) is 5.82 Å². The van der Waals surface area contributed by atoms with Gasteiger partial charge in [-0.3, -0.25) is 4.79 Å². The minimum Gasteiger partial charge on any atom is -0.506 e. The summed E-state index contributed by atoms with van der Waals surface area (Å²) in [5, 5.41) is 13.9. The molecule has 3 aromatic heterocycles. The minimum absolute atomic E-state index is 0.0440. The first-order chi connectivity index (χ1) is 11.6. The number of aromatic hydroxyl groups is 1. The molecule has 6 nitrogen and oxygen atoms in total. The lowest BCUT2D eigenvalue weighted by atomic mass is 9.98. The molecule has 1 atom stereocenters. The van der Waals surface area contributed by atoms with Crippen LogP contribution in [-0.2, 0) is 0 Å². The van der Waals surface area contributed by atoms with Gasteiger partial charge in [-0.25, -0.2) is 9.67 Å². The van der Waals surface area contributed by atoms with Crippen LogP contribution >= 0.6 is 11.3 Å². The smallest absolute Gasteiger partial charge is 0.305 e. The van der Waals surface area contributed by atoms with E-state index in [4.69, 9.17) is 0 Å². The highest BCUT2D eigenvalue weighted by Crippen LogP contribution is 2.26. The first kappa shape index (κ1) is 14.6. The third kappa shape index (κ3) is 2.59. The molecule has 0 aliphatic rings. The SMILES string of the molecule is CC(c1ccc2[nH]c(=O)sc2c1)c1ccn(-c2ccc(O)cn2)n1. The molecule has 0 aliphatic heterocycles. The van der Waals surface area contributed by atoms with Gasteiger partial charge in [0.05, 0.1) is 22.1 Å². The lowest BCUT2D eigenvalue weighted by Gasteiger charge is -2.09. The normalized spacial score (nSPS) is 12.5. The molecule has 24 heavy (non-hydrogen) atoms. The van der Waals surface area contributed by atoms with Crippen molar-refractivity contribution in [3.05, 3.63) is 69.7 Å². The Bertz CT molecular complexity index is 1060. The number of fused-ring (bicyclic) bond motifs is 1. The lowest BCUT2D eigenvalue weighted by Crippen LogP contribution is -2.01. The van der Waals surface area contributed by atoms with Crippen molar-refractivity contribution in [1.29, 1.82) is 0 Å². The zero-order valence-corrected chi connectivity index (χ0v) is 13.6. The maximum atomic E-state index is 11.4. The molecule has 120 valence electrons. The highest BCUT2D eigenvalue weighted by atomic mass is 32.1. The van der Waals surface area contributed by atoms with Crippen molar-refractivity contribution < 1.29 is 5.11 Å². The number of aromatic amines is 1. The lowest BCUT2D eigenvalue weighted by molar-refractivity contribution is 0.472. The highest BCUT2D eigenvalue weighted by Gasteiger charge is 2.14. The number of thiazole rings is 1. The van der Waals surface area contributed by atoms with E-state index in [0.717, 1.165) is 21.5 Å². The summed E-state index contributed by atoms with van der Waals surface area (Å²) in [5.74, 6) is 0.855. The van der Waals surface area contributed by atoms with Gasteiger partial charge in [0.2, 0.25) is 0 Å². The van der Waals surface area contributed by atoms with Crippen LogP contribution in [0.5, 0.6) is 5.75 Å². The zero-order chi connectivity index (χ0) is 16.7. The molecule has 1 unspecified atom stereocenters. The summed E-state index contributed by atoms with van der Waals surface area (Å²) >= 11 is 1.21. The topological polar surface area (TPSA) is 83.8 Å². The first-order valence-corrected chi connectivity index (χ1v) is 8.25. The molecule has 3 heterocycles. The Labute approximate surface area is 141 Å². The Morgan fingerprint density at radius 3 is 2.92 bits per heavy atom. The zero-order valence-electron chi connectivity index (χ0n) is 12.8. The van der Waals surface area contributed by atoms with Gasteiger partial charge in [0.15, 0.2) is 5.82 Å². The predicted octanol–water partition coefficient (Wildman–Crippen LogP) is 3.03. The van der Waals surface area contributed by atoms with Crippen LogP contribution in [0.3, 0.4) is 0 Å². The second kappa shape index (κ2) is 5.61. The molecule has 0 saturated heterocycles. The van der Waals surface area contributed by atoms with Crippen LogP contribution in [0.1, 0.15) is 24.1 Å². The van der Waals surface area contributed by atoms with Gasteiger partial charge in [0.1, 0.15) is 5.75 Å². The third-order valence-corrected chi connectivity index (χ3v) is 4.81. The van der Waals surface area contributed by atoms with Crippen LogP contribution in [0.25, 0.3) is 16.0 Å². The standard InChI is InChI=1S/C17H14N4O2S/c1-10(11-2-4-14-15(8-11)24-17(23)19-14)13-6-7-21(20-13)16-5-3-12(22)9-18-16/h2-10,22H,1H3,(H,19,23). The predicted molar refractivity (Wildman–Crippen MR) is 93.0 cm³/mol. The van der Waals surface area contributed by atoms with E-state index >= 15 is 0 Å². The molecule has 0 amide bonds. The maximum absolute atomic E-state index is 11.4. The first-order valence-electron chi connectivity index (χ1n) is 7.44. The molecule has 4 rings (SSSR count). The molecule has 0 saturated carbocycles. The van der Waals surface area contributed by atoms with Gasteiger partial charge < -0.3 is 10.1 Å². The van der Waals surface area contributed by atoms with E-state index < -0.39 is 0 Å². The van der Waals surface area contributed by atoms with Gasteiger partial charge in [-0.1, -0.05) is 24.3 Å².